The molecule has 1 aliphatic heterocycles. The van der Waals surface area contributed by atoms with Gasteiger partial charge in [-0.1, -0.05) is 120 Å². The number of phosphoric acid groups is 1. The quantitative estimate of drug-likeness (QED) is 0.0120. The van der Waals surface area contributed by atoms with Crippen LogP contribution in [-0.2, 0) is 37.4 Å². The van der Waals surface area contributed by atoms with Gasteiger partial charge in [-0.05, 0) is 70.6 Å². The molecule has 10 atom stereocenters. The molecule has 0 bridgehead atoms. The van der Waals surface area contributed by atoms with Gasteiger partial charge in [-0.15, -0.1) is 0 Å². The first-order chi connectivity index (χ1) is 28.9. The molecule has 15 heteroatoms. The molecule has 0 amide bonds. The number of aliphatic hydroxyl groups excluding tert-OH is 5. The molecule has 1 saturated carbocycles. The number of ether oxygens (including phenoxy) is 3. The Morgan fingerprint density at radius 2 is 1.12 bits per heavy atom. The molecule has 1 saturated heterocycles. The van der Waals surface area contributed by atoms with Gasteiger partial charge in [-0.25, -0.2) is 4.57 Å². The van der Waals surface area contributed by atoms with Gasteiger partial charge in [0.15, 0.2) is 6.10 Å². The molecule has 5 unspecified atom stereocenters. The number of hydrogen-bond donors (Lipinski definition) is 6. The molecule has 2 rings (SSSR count). The van der Waals surface area contributed by atoms with Crippen LogP contribution >= 0.6 is 7.82 Å². The second kappa shape index (κ2) is 32.4. The lowest BCUT2D eigenvalue weighted by Gasteiger charge is -2.41. The fraction of sp³-hybridized carbons (Fsp3) is 0.778. The summed E-state index contributed by atoms with van der Waals surface area (Å²) in [5, 5.41) is 50.1. The maximum atomic E-state index is 12.8. The number of aliphatic hydroxyl groups is 5. The van der Waals surface area contributed by atoms with Gasteiger partial charge >= 0.3 is 19.8 Å². The van der Waals surface area contributed by atoms with Crippen LogP contribution in [0.25, 0.3) is 0 Å². The van der Waals surface area contributed by atoms with E-state index in [0.717, 1.165) is 64.2 Å². The summed E-state index contributed by atoms with van der Waals surface area (Å²) >= 11 is 0. The van der Waals surface area contributed by atoms with Gasteiger partial charge in [-0.3, -0.25) is 18.6 Å². The van der Waals surface area contributed by atoms with Crippen LogP contribution < -0.4 is 0 Å². The van der Waals surface area contributed by atoms with Crippen LogP contribution in [-0.4, -0.2) is 111 Å². The Morgan fingerprint density at radius 1 is 0.600 bits per heavy atom. The molecule has 0 aromatic rings. The number of rotatable bonds is 35. The van der Waals surface area contributed by atoms with Crippen molar-refractivity contribution in [1.29, 1.82) is 0 Å². The van der Waals surface area contributed by atoms with Crippen LogP contribution in [0.2, 0.25) is 0 Å². The topological polar surface area (TPSA) is 222 Å². The Labute approximate surface area is 358 Å². The number of carbonyl (C=O) groups excluding carboxylic acids is 2. The van der Waals surface area contributed by atoms with Crippen LogP contribution in [0, 0.1) is 0 Å². The molecule has 2 aliphatic rings. The lowest BCUT2D eigenvalue weighted by atomic mass is 9.85. The smallest absolute Gasteiger partial charge is 0.462 e. The first-order valence-electron chi connectivity index (χ1n) is 22.6. The summed E-state index contributed by atoms with van der Waals surface area (Å²) in [5.74, 6) is -1.18. The van der Waals surface area contributed by atoms with Crippen LogP contribution in [0.5, 0.6) is 0 Å². The highest BCUT2D eigenvalue weighted by molar-refractivity contribution is 7.47. The van der Waals surface area contributed by atoms with Crippen LogP contribution in [0.4, 0.5) is 0 Å². The standard InChI is InChI=1S/C45H77O14P/c1-3-5-7-8-9-10-11-12-13-18-21-24-28-32-39(47)57-35(34-56-60(53,54)59-45-43(51)41(49)40(48)42(50)44(45)52)33-55-38(46)31-27-23-20-17-15-14-16-19-22-26-30-37-36(58-37)29-25-6-4-2/h10-11,14,16-17,20,22,26,35-37,40-45,48-52H,3-9,12-13,15,18-19,21,23-25,27-34H2,1-2H3,(H,53,54)/b11-10-,16-14-,20-17-,26-22-/t35-,36?,37?,40?,41-,42+,43-,44-,45?/m1/s1. The van der Waals surface area contributed by atoms with Gasteiger partial charge in [0.05, 0.1) is 18.8 Å². The Balaban J connectivity index is 1.74. The first-order valence-corrected chi connectivity index (χ1v) is 24.1. The molecule has 6 N–H and O–H groups in total. The summed E-state index contributed by atoms with van der Waals surface area (Å²) in [6, 6.07) is 0. The SMILES string of the molecule is CCCCCC/C=C\CCCCCCCC(=O)O[C@H](COC(=O)CCC/C=C\C/C=C\C/C=C\CC1OC1CCCCC)COP(=O)(O)OC1[C@H](O)[C@H](O)C(O)[C@H](O)[C@H]1O. The normalized spacial score (nSPS) is 26.0. The summed E-state index contributed by atoms with van der Waals surface area (Å²) in [6.07, 6.45) is 24.9. The van der Waals surface area contributed by atoms with Gasteiger partial charge in [0.2, 0.25) is 0 Å². The molecule has 346 valence electrons. The van der Waals surface area contributed by atoms with Crippen molar-refractivity contribution in [2.45, 2.75) is 210 Å². The highest BCUT2D eigenvalue weighted by Crippen LogP contribution is 2.47. The van der Waals surface area contributed by atoms with Gasteiger partial charge < -0.3 is 44.6 Å². The van der Waals surface area contributed by atoms with E-state index in [0.29, 0.717) is 31.5 Å². The van der Waals surface area contributed by atoms with E-state index in [4.69, 9.17) is 23.3 Å². The predicted octanol–water partition coefficient (Wildman–Crippen LogP) is 7.38. The largest absolute Gasteiger partial charge is 0.472 e. The second-order valence-corrected chi connectivity index (χ2v) is 17.3. The third kappa shape index (κ3) is 24.4. The van der Waals surface area contributed by atoms with Crippen LogP contribution in [0.1, 0.15) is 155 Å². The fourth-order valence-electron chi connectivity index (χ4n) is 6.78. The van der Waals surface area contributed by atoms with E-state index >= 15 is 0 Å². The first kappa shape index (κ1) is 53.9. The van der Waals surface area contributed by atoms with E-state index < -0.39 is 75.7 Å². The molecular weight excluding hydrogens is 795 g/mol. The molecule has 60 heavy (non-hydrogen) atoms. The fourth-order valence-corrected chi connectivity index (χ4v) is 7.75. The highest BCUT2D eigenvalue weighted by atomic mass is 31.2. The molecule has 0 radical (unpaired) electrons. The van der Waals surface area contributed by atoms with E-state index in [2.05, 4.69) is 50.3 Å². The van der Waals surface area contributed by atoms with Crippen molar-refractivity contribution in [2.75, 3.05) is 13.2 Å². The van der Waals surface area contributed by atoms with E-state index in [1.807, 2.05) is 12.2 Å². The third-order valence-electron chi connectivity index (χ3n) is 10.6. The van der Waals surface area contributed by atoms with E-state index in [-0.39, 0.29) is 12.8 Å². The monoisotopic (exact) mass is 873 g/mol. The van der Waals surface area contributed by atoms with Crippen LogP contribution in [0.15, 0.2) is 48.6 Å². The number of unbranched alkanes of at least 4 members (excludes halogenated alkanes) is 12. The zero-order chi connectivity index (χ0) is 44.0. The molecule has 1 heterocycles. The summed E-state index contributed by atoms with van der Waals surface area (Å²) in [6.45, 7) is 3.18. The van der Waals surface area contributed by atoms with E-state index in [9.17, 15) is 44.6 Å². The summed E-state index contributed by atoms with van der Waals surface area (Å²) in [4.78, 5) is 35.6. The van der Waals surface area contributed by atoms with Crippen molar-refractivity contribution in [3.63, 3.8) is 0 Å². The van der Waals surface area contributed by atoms with Crippen molar-refractivity contribution >= 4 is 19.8 Å². The molecule has 0 aromatic heterocycles. The molecule has 1 aliphatic carbocycles. The number of esters is 2. The average Bonchev–Trinajstić information content (AvgIpc) is 3.98. The molecule has 14 nitrogen and oxygen atoms in total. The average molecular weight is 873 g/mol. The van der Waals surface area contributed by atoms with E-state index in [1.54, 1.807) is 0 Å². The number of carbonyl (C=O) groups is 2. The lowest BCUT2D eigenvalue weighted by molar-refractivity contribution is -0.220. The van der Waals surface area contributed by atoms with Crippen molar-refractivity contribution in [3.05, 3.63) is 48.6 Å². The number of epoxide rings is 1. The minimum absolute atomic E-state index is 0.0711. The van der Waals surface area contributed by atoms with E-state index in [1.165, 1.54) is 44.9 Å². The summed E-state index contributed by atoms with van der Waals surface area (Å²) < 4.78 is 39.1. The van der Waals surface area contributed by atoms with Crippen molar-refractivity contribution in [2.24, 2.45) is 0 Å². The third-order valence-corrected chi connectivity index (χ3v) is 11.6. The Bertz CT molecular complexity index is 1300. The van der Waals surface area contributed by atoms with Gasteiger partial charge in [0.25, 0.3) is 0 Å². The highest BCUT2D eigenvalue weighted by Gasteiger charge is 2.51. The lowest BCUT2D eigenvalue weighted by Crippen LogP contribution is -2.64. The van der Waals surface area contributed by atoms with Crippen molar-refractivity contribution in [3.8, 4) is 0 Å². The zero-order valence-electron chi connectivity index (χ0n) is 36.2. The Hall–Kier alpha value is -2.23. The molecule has 2 fully saturated rings. The van der Waals surface area contributed by atoms with Crippen molar-refractivity contribution < 1.29 is 67.8 Å². The minimum Gasteiger partial charge on any atom is -0.462 e. The number of hydrogen-bond acceptors (Lipinski definition) is 13. The minimum atomic E-state index is -5.13. The maximum Gasteiger partial charge on any atom is 0.472 e. The summed E-state index contributed by atoms with van der Waals surface area (Å²) in [7, 11) is -5.13. The maximum absolute atomic E-state index is 12.8. The van der Waals surface area contributed by atoms with Gasteiger partial charge in [-0.2, -0.15) is 0 Å². The molecular formula is C45H77O14P. The number of phosphoric ester groups is 1. The predicted molar refractivity (Wildman–Crippen MR) is 230 cm³/mol. The zero-order valence-corrected chi connectivity index (χ0v) is 37.1. The second-order valence-electron chi connectivity index (χ2n) is 15.9. The Morgan fingerprint density at radius 3 is 1.78 bits per heavy atom. The van der Waals surface area contributed by atoms with Crippen LogP contribution in [0.3, 0.4) is 0 Å². The molecule has 0 spiro atoms. The van der Waals surface area contributed by atoms with Crippen molar-refractivity contribution in [1.82, 2.24) is 0 Å². The molecule has 0 aromatic carbocycles. The number of allylic oxidation sites excluding steroid dienone is 7. The summed E-state index contributed by atoms with van der Waals surface area (Å²) in [5.41, 5.74) is 0. The Kier molecular flexibility index (Phi) is 29.1. The van der Waals surface area contributed by atoms with Gasteiger partial charge in [0, 0.05) is 12.8 Å². The van der Waals surface area contributed by atoms with Gasteiger partial charge in [0.1, 0.15) is 43.2 Å².